The summed E-state index contributed by atoms with van der Waals surface area (Å²) < 4.78 is 18.5. The van der Waals surface area contributed by atoms with Gasteiger partial charge in [0.25, 0.3) is 0 Å². The van der Waals surface area contributed by atoms with Crippen molar-refractivity contribution in [3.63, 3.8) is 0 Å². The molecular weight excluding hydrogens is 316 g/mol. The molecule has 25 heavy (non-hydrogen) atoms. The van der Waals surface area contributed by atoms with Crippen LogP contribution in [0.4, 0.5) is 0 Å². The van der Waals surface area contributed by atoms with Crippen LogP contribution in [0.2, 0.25) is 0 Å². The van der Waals surface area contributed by atoms with Gasteiger partial charge in [0.1, 0.15) is 0 Å². The van der Waals surface area contributed by atoms with E-state index in [-0.39, 0.29) is 22.9 Å². The first-order valence-electron chi connectivity index (χ1n) is 9.59. The van der Waals surface area contributed by atoms with Gasteiger partial charge in [-0.15, -0.1) is 0 Å². The Bertz CT molecular complexity index is 877. The molecule has 4 nitrogen and oxygen atoms in total. The van der Waals surface area contributed by atoms with Crippen LogP contribution in [-0.4, -0.2) is 31.7 Å². The van der Waals surface area contributed by atoms with E-state index in [1.165, 1.54) is 24.0 Å². The molecule has 6 unspecified atom stereocenters. The molecule has 4 fully saturated rings. The molecule has 130 valence electrons. The lowest BCUT2D eigenvalue weighted by molar-refractivity contribution is -0.181. The summed E-state index contributed by atoms with van der Waals surface area (Å²) in [7, 11) is 3.57. The van der Waals surface area contributed by atoms with Crippen molar-refractivity contribution in [2.24, 2.45) is 23.2 Å². The molecule has 2 bridgehead atoms. The molecule has 0 N–H and O–H groups in total. The van der Waals surface area contributed by atoms with Crippen molar-refractivity contribution < 1.29 is 19.0 Å². The molecule has 1 aliphatic heterocycles. The van der Waals surface area contributed by atoms with E-state index in [0.29, 0.717) is 23.7 Å². The zero-order chi connectivity index (χ0) is 16.8. The number of methoxy groups -OCH3 is 2. The normalized spacial score (nSPS) is 51.8. The second kappa shape index (κ2) is 3.62. The van der Waals surface area contributed by atoms with Crippen LogP contribution in [0, 0.1) is 23.2 Å². The number of rotatable bonds is 2. The van der Waals surface area contributed by atoms with Crippen molar-refractivity contribution in [1.82, 2.24) is 0 Å². The van der Waals surface area contributed by atoms with Gasteiger partial charge in [0.15, 0.2) is 23.4 Å². The SMILES string of the molecule is COc1ccc2c3c1OC1C(=O)CC[C@@]4(OC)C56CC5C(C2)C(C6)C314. The number of ether oxygens (including phenoxy) is 3. The predicted octanol–water partition coefficient (Wildman–Crippen LogP) is 2.65. The summed E-state index contributed by atoms with van der Waals surface area (Å²) in [5.74, 6) is 3.89. The Hall–Kier alpha value is -1.55. The van der Waals surface area contributed by atoms with Crippen LogP contribution in [0.1, 0.15) is 36.8 Å². The minimum Gasteiger partial charge on any atom is -0.493 e. The van der Waals surface area contributed by atoms with Gasteiger partial charge >= 0.3 is 0 Å². The van der Waals surface area contributed by atoms with Gasteiger partial charge < -0.3 is 14.2 Å². The Labute approximate surface area is 146 Å². The standard InChI is InChI=1S/C21H22O4/c1-23-15-4-3-10-7-11-12-8-19(12)9-13(11)21-16(10)17(15)25-18(21)14(22)5-6-20(19,21)24-2/h3-4,11-13,18H,5-9H2,1-2H3/t11?,12?,13?,18?,19?,20-,21?/m1/s1. The van der Waals surface area contributed by atoms with Crippen molar-refractivity contribution in [2.45, 2.75) is 49.2 Å². The van der Waals surface area contributed by atoms with E-state index in [0.717, 1.165) is 30.3 Å². The summed E-state index contributed by atoms with van der Waals surface area (Å²) in [6, 6.07) is 4.24. The zero-order valence-electron chi connectivity index (χ0n) is 14.6. The van der Waals surface area contributed by atoms with E-state index in [4.69, 9.17) is 14.2 Å². The van der Waals surface area contributed by atoms with Gasteiger partial charge in [-0.1, -0.05) is 6.07 Å². The molecule has 0 saturated heterocycles. The highest BCUT2D eigenvalue weighted by Gasteiger charge is 2.92. The van der Waals surface area contributed by atoms with Gasteiger partial charge in [0.05, 0.1) is 18.1 Å². The number of hydrogen-bond acceptors (Lipinski definition) is 4. The number of Topliss-reactive ketones (excluding diaryl/α,β-unsaturated/α-hetero) is 1. The molecule has 1 aromatic rings. The lowest BCUT2D eigenvalue weighted by Gasteiger charge is -2.58. The van der Waals surface area contributed by atoms with Gasteiger partial charge in [0.2, 0.25) is 0 Å². The minimum absolute atomic E-state index is 0.225. The molecule has 7 rings (SSSR count). The van der Waals surface area contributed by atoms with Crippen LogP contribution in [0.15, 0.2) is 12.1 Å². The van der Waals surface area contributed by atoms with Crippen LogP contribution < -0.4 is 9.47 Å². The third-order valence-electron chi connectivity index (χ3n) is 9.12. The Morgan fingerprint density at radius 1 is 1.20 bits per heavy atom. The molecule has 0 amide bonds. The molecule has 2 spiro atoms. The maximum absolute atomic E-state index is 13.0. The molecule has 4 saturated carbocycles. The van der Waals surface area contributed by atoms with E-state index in [1.807, 2.05) is 13.2 Å². The molecule has 0 aromatic heterocycles. The summed E-state index contributed by atoms with van der Waals surface area (Å²) in [5.41, 5.74) is 2.44. The topological polar surface area (TPSA) is 44.8 Å². The van der Waals surface area contributed by atoms with Crippen molar-refractivity contribution >= 4 is 5.78 Å². The van der Waals surface area contributed by atoms with Gasteiger partial charge in [-0.2, -0.15) is 0 Å². The number of fused-ring (bicyclic) bond motifs is 1. The second-order valence-corrected chi connectivity index (χ2v) is 9.14. The summed E-state index contributed by atoms with van der Waals surface area (Å²) in [5, 5.41) is 0. The van der Waals surface area contributed by atoms with Gasteiger partial charge in [-0.05, 0) is 55.1 Å². The van der Waals surface area contributed by atoms with E-state index in [9.17, 15) is 4.79 Å². The minimum atomic E-state index is -0.375. The lowest BCUT2D eigenvalue weighted by Crippen LogP contribution is -2.69. The monoisotopic (exact) mass is 338 g/mol. The smallest absolute Gasteiger partial charge is 0.174 e. The maximum Gasteiger partial charge on any atom is 0.174 e. The third-order valence-corrected chi connectivity index (χ3v) is 9.12. The number of hydrogen-bond donors (Lipinski definition) is 0. The quantitative estimate of drug-likeness (QED) is 0.832. The number of carbonyl (C=O) groups excluding carboxylic acids is 1. The first kappa shape index (κ1) is 13.6. The van der Waals surface area contributed by atoms with Crippen molar-refractivity contribution in [1.29, 1.82) is 0 Å². The summed E-state index contributed by atoms with van der Waals surface area (Å²) in [4.78, 5) is 13.0. The second-order valence-electron chi connectivity index (χ2n) is 9.14. The van der Waals surface area contributed by atoms with E-state index >= 15 is 0 Å². The van der Waals surface area contributed by atoms with Gasteiger partial charge in [-0.3, -0.25) is 4.79 Å². The van der Waals surface area contributed by atoms with E-state index in [2.05, 4.69) is 6.07 Å². The first-order valence-corrected chi connectivity index (χ1v) is 9.59. The highest BCUT2D eigenvalue weighted by Crippen LogP contribution is 2.89. The Morgan fingerprint density at radius 2 is 2.04 bits per heavy atom. The number of ketones is 1. The Balaban J connectivity index is 1.64. The van der Waals surface area contributed by atoms with Crippen molar-refractivity contribution in [3.8, 4) is 11.5 Å². The fraction of sp³-hybridized carbons (Fsp3) is 0.667. The van der Waals surface area contributed by atoms with Crippen molar-refractivity contribution in [3.05, 3.63) is 23.3 Å². The van der Waals surface area contributed by atoms with Crippen LogP contribution in [0.25, 0.3) is 0 Å². The fourth-order valence-corrected chi connectivity index (χ4v) is 8.65. The van der Waals surface area contributed by atoms with Crippen molar-refractivity contribution in [2.75, 3.05) is 14.2 Å². The van der Waals surface area contributed by atoms with Crippen LogP contribution in [0.3, 0.4) is 0 Å². The van der Waals surface area contributed by atoms with Gasteiger partial charge in [-0.25, -0.2) is 0 Å². The maximum atomic E-state index is 13.0. The van der Waals surface area contributed by atoms with Crippen LogP contribution >= 0.6 is 0 Å². The van der Waals surface area contributed by atoms with E-state index in [1.54, 1.807) is 7.11 Å². The zero-order valence-corrected chi connectivity index (χ0v) is 14.6. The third kappa shape index (κ3) is 1.01. The molecule has 1 aromatic carbocycles. The highest BCUT2D eigenvalue weighted by atomic mass is 16.5. The molecular formula is C21H22O4. The van der Waals surface area contributed by atoms with E-state index < -0.39 is 0 Å². The highest BCUT2D eigenvalue weighted by molar-refractivity contribution is 5.90. The summed E-state index contributed by atoms with van der Waals surface area (Å²) >= 11 is 0. The fourth-order valence-electron chi connectivity index (χ4n) is 8.65. The largest absolute Gasteiger partial charge is 0.493 e. The molecule has 0 radical (unpaired) electrons. The molecule has 1 heterocycles. The average Bonchev–Trinajstić information content (AvgIpc) is 2.98. The summed E-state index contributed by atoms with van der Waals surface area (Å²) in [6.07, 6.45) is 4.70. The number of benzene rings is 1. The van der Waals surface area contributed by atoms with Crippen LogP contribution in [-0.2, 0) is 21.4 Å². The predicted molar refractivity (Wildman–Crippen MR) is 88.9 cm³/mol. The lowest BCUT2D eigenvalue weighted by atomic mass is 9.47. The molecule has 5 aliphatic carbocycles. The summed E-state index contributed by atoms with van der Waals surface area (Å²) in [6.45, 7) is 0. The Kier molecular flexibility index (Phi) is 1.97. The number of carbonyl (C=O) groups is 1. The molecule has 6 aliphatic rings. The molecule has 4 heteroatoms. The molecule has 7 atom stereocenters. The average molecular weight is 338 g/mol. The Morgan fingerprint density at radius 3 is 2.84 bits per heavy atom. The van der Waals surface area contributed by atoms with Crippen LogP contribution in [0.5, 0.6) is 11.5 Å². The van der Waals surface area contributed by atoms with Gasteiger partial charge in [0, 0.05) is 24.5 Å². The first-order chi connectivity index (χ1) is 12.1.